The van der Waals surface area contributed by atoms with Crippen molar-refractivity contribution in [2.24, 2.45) is 17.8 Å². The van der Waals surface area contributed by atoms with Crippen molar-refractivity contribution in [2.45, 2.75) is 70.7 Å². The molecule has 2 aliphatic carbocycles. The molecule has 0 aliphatic heterocycles. The van der Waals surface area contributed by atoms with E-state index in [4.69, 9.17) is 14.6 Å². The zero-order valence-electron chi connectivity index (χ0n) is 17.6. The van der Waals surface area contributed by atoms with Crippen molar-refractivity contribution in [3.8, 4) is 5.75 Å². The summed E-state index contributed by atoms with van der Waals surface area (Å²) in [5.74, 6) is -0.181. The smallest absolute Gasteiger partial charge is 0.341 e. The van der Waals surface area contributed by atoms with Gasteiger partial charge in [0.1, 0.15) is 18.0 Å². The Hall–Kier alpha value is -2.12. The number of hydrogen-bond acceptors (Lipinski definition) is 6. The standard InChI is InChI=1S/C23H32O7/c1-3-16(30-23(28)13(2)24)7-8-17-18-9-14-5-4-6-21(29-12-22(26)27)19(14)10-15(18)11-20(17)25/h4-6,13,15-18,20,24-25H,3,7-12H2,1-2H3,(H,26,27)/t13?,15-,16-,17+,18-,20+/m0/s1. The number of fused-ring (bicyclic) bond motifs is 2. The maximum Gasteiger partial charge on any atom is 0.341 e. The molecule has 2 aliphatic rings. The van der Waals surface area contributed by atoms with Crippen molar-refractivity contribution in [1.82, 2.24) is 0 Å². The number of aliphatic hydroxyl groups is 2. The molecule has 166 valence electrons. The fourth-order valence-electron chi connectivity index (χ4n) is 5.07. The minimum absolute atomic E-state index is 0.131. The summed E-state index contributed by atoms with van der Waals surface area (Å²) in [4.78, 5) is 22.6. The fraction of sp³-hybridized carbons (Fsp3) is 0.652. The van der Waals surface area contributed by atoms with Crippen LogP contribution in [0.1, 0.15) is 50.7 Å². The maximum absolute atomic E-state index is 11.7. The lowest BCUT2D eigenvalue weighted by molar-refractivity contribution is -0.158. The summed E-state index contributed by atoms with van der Waals surface area (Å²) >= 11 is 0. The van der Waals surface area contributed by atoms with Crippen LogP contribution in [0.15, 0.2) is 18.2 Å². The van der Waals surface area contributed by atoms with Gasteiger partial charge in [0.2, 0.25) is 0 Å². The molecule has 0 bridgehead atoms. The monoisotopic (exact) mass is 420 g/mol. The Bertz CT molecular complexity index is 760. The predicted octanol–water partition coefficient (Wildman–Crippen LogP) is 2.34. The van der Waals surface area contributed by atoms with E-state index in [9.17, 15) is 19.8 Å². The lowest BCUT2D eigenvalue weighted by Crippen LogP contribution is -2.30. The molecule has 7 heteroatoms. The molecule has 3 N–H and O–H groups in total. The van der Waals surface area contributed by atoms with E-state index in [1.165, 1.54) is 6.92 Å². The second-order valence-electron chi connectivity index (χ2n) is 8.60. The number of esters is 1. The van der Waals surface area contributed by atoms with E-state index in [2.05, 4.69) is 6.07 Å². The molecule has 1 aromatic rings. The highest BCUT2D eigenvalue weighted by molar-refractivity contribution is 5.74. The second-order valence-corrected chi connectivity index (χ2v) is 8.60. The fourth-order valence-corrected chi connectivity index (χ4v) is 5.07. The van der Waals surface area contributed by atoms with E-state index in [1.54, 1.807) is 0 Å². The van der Waals surface area contributed by atoms with Crippen LogP contribution in [0.2, 0.25) is 0 Å². The zero-order valence-corrected chi connectivity index (χ0v) is 17.6. The summed E-state index contributed by atoms with van der Waals surface area (Å²) in [6.45, 7) is 2.98. The zero-order chi connectivity index (χ0) is 21.8. The average Bonchev–Trinajstić information content (AvgIpc) is 3.01. The van der Waals surface area contributed by atoms with Gasteiger partial charge in [-0.1, -0.05) is 19.1 Å². The van der Waals surface area contributed by atoms with Crippen LogP contribution >= 0.6 is 0 Å². The minimum atomic E-state index is -1.13. The third kappa shape index (κ3) is 5.13. The first kappa shape index (κ1) is 22.6. The Kier molecular flexibility index (Phi) is 7.36. The van der Waals surface area contributed by atoms with Crippen LogP contribution in [0.4, 0.5) is 0 Å². The minimum Gasteiger partial charge on any atom is -0.482 e. The summed E-state index contributed by atoms with van der Waals surface area (Å²) in [5, 5.41) is 29.0. The van der Waals surface area contributed by atoms with Crippen LogP contribution in [-0.4, -0.2) is 52.2 Å². The first-order valence-corrected chi connectivity index (χ1v) is 10.8. The summed E-state index contributed by atoms with van der Waals surface area (Å²) in [7, 11) is 0. The van der Waals surface area contributed by atoms with Gasteiger partial charge >= 0.3 is 11.9 Å². The molecule has 0 spiro atoms. The van der Waals surface area contributed by atoms with E-state index in [-0.39, 0.29) is 18.6 Å². The number of hydrogen-bond donors (Lipinski definition) is 3. The van der Waals surface area contributed by atoms with Crippen LogP contribution in [0.3, 0.4) is 0 Å². The quantitative estimate of drug-likeness (QED) is 0.526. The van der Waals surface area contributed by atoms with E-state index in [0.717, 1.165) is 30.4 Å². The maximum atomic E-state index is 11.7. The van der Waals surface area contributed by atoms with Gasteiger partial charge in [-0.2, -0.15) is 0 Å². The molecule has 6 atom stereocenters. The number of aliphatic carboxylic acids is 1. The van der Waals surface area contributed by atoms with Crippen molar-refractivity contribution in [2.75, 3.05) is 6.61 Å². The number of carboxylic acid groups (broad SMARTS) is 1. The highest BCUT2D eigenvalue weighted by atomic mass is 16.6. The Morgan fingerprint density at radius 1 is 1.27 bits per heavy atom. The molecule has 0 amide bonds. The number of carbonyl (C=O) groups excluding carboxylic acids is 1. The van der Waals surface area contributed by atoms with Gasteiger partial charge in [0, 0.05) is 0 Å². The summed E-state index contributed by atoms with van der Waals surface area (Å²) < 4.78 is 10.9. The Balaban J connectivity index is 1.66. The van der Waals surface area contributed by atoms with Crippen molar-refractivity contribution in [3.63, 3.8) is 0 Å². The topological polar surface area (TPSA) is 113 Å². The van der Waals surface area contributed by atoms with Gasteiger partial charge in [-0.05, 0) is 80.4 Å². The number of rotatable bonds is 9. The van der Waals surface area contributed by atoms with Crippen LogP contribution in [-0.2, 0) is 27.2 Å². The number of aliphatic hydroxyl groups excluding tert-OH is 2. The van der Waals surface area contributed by atoms with Gasteiger partial charge in [0.25, 0.3) is 0 Å². The summed E-state index contributed by atoms with van der Waals surface area (Å²) in [6.07, 6.45) is 2.62. The summed E-state index contributed by atoms with van der Waals surface area (Å²) in [6, 6.07) is 5.76. The Morgan fingerprint density at radius 2 is 2.03 bits per heavy atom. The largest absolute Gasteiger partial charge is 0.482 e. The van der Waals surface area contributed by atoms with E-state index >= 15 is 0 Å². The van der Waals surface area contributed by atoms with Gasteiger partial charge in [-0.3, -0.25) is 0 Å². The van der Waals surface area contributed by atoms with Crippen LogP contribution in [0.5, 0.6) is 5.75 Å². The van der Waals surface area contributed by atoms with Gasteiger partial charge in [0.05, 0.1) is 6.10 Å². The lowest BCUT2D eigenvalue weighted by atomic mass is 9.73. The molecule has 1 fully saturated rings. The van der Waals surface area contributed by atoms with Gasteiger partial charge in [-0.25, -0.2) is 9.59 Å². The number of ether oxygens (including phenoxy) is 2. The third-order valence-electron chi connectivity index (χ3n) is 6.60. The molecule has 3 rings (SSSR count). The molecule has 0 saturated heterocycles. The lowest BCUT2D eigenvalue weighted by Gasteiger charge is -2.32. The first-order chi connectivity index (χ1) is 14.3. The SMILES string of the molecule is CC[C@@H](CC[C@@H]1[C@H]2Cc3cccc(OCC(=O)O)c3C[C@H]2C[C@H]1O)OC(=O)C(C)O. The van der Waals surface area contributed by atoms with Crippen LogP contribution in [0, 0.1) is 17.8 Å². The van der Waals surface area contributed by atoms with Gasteiger partial charge in [-0.15, -0.1) is 0 Å². The molecule has 0 heterocycles. The van der Waals surface area contributed by atoms with E-state index in [0.29, 0.717) is 36.8 Å². The van der Waals surface area contributed by atoms with Gasteiger partial charge in [0.15, 0.2) is 6.61 Å². The molecule has 0 radical (unpaired) electrons. The molecular weight excluding hydrogens is 388 g/mol. The number of carboxylic acids is 1. The third-order valence-corrected chi connectivity index (χ3v) is 6.60. The predicted molar refractivity (Wildman–Crippen MR) is 109 cm³/mol. The van der Waals surface area contributed by atoms with Crippen LogP contribution < -0.4 is 4.74 Å². The summed E-state index contributed by atoms with van der Waals surface area (Å²) in [5.41, 5.74) is 2.22. The normalized spacial score (nSPS) is 26.9. The van der Waals surface area contributed by atoms with E-state index < -0.39 is 24.1 Å². The Morgan fingerprint density at radius 3 is 2.70 bits per heavy atom. The van der Waals surface area contributed by atoms with Crippen molar-refractivity contribution in [3.05, 3.63) is 29.3 Å². The molecule has 1 saturated carbocycles. The number of benzene rings is 1. The highest BCUT2D eigenvalue weighted by Crippen LogP contribution is 2.48. The van der Waals surface area contributed by atoms with Crippen molar-refractivity contribution >= 4 is 11.9 Å². The molecule has 1 unspecified atom stereocenters. The molecule has 0 aromatic heterocycles. The van der Waals surface area contributed by atoms with Crippen LogP contribution in [0.25, 0.3) is 0 Å². The molecule has 1 aromatic carbocycles. The molecule has 7 nitrogen and oxygen atoms in total. The molecular formula is C23H32O7. The second kappa shape index (κ2) is 9.79. The van der Waals surface area contributed by atoms with Gasteiger partial charge < -0.3 is 24.8 Å². The first-order valence-electron chi connectivity index (χ1n) is 10.8. The molecule has 30 heavy (non-hydrogen) atoms. The van der Waals surface area contributed by atoms with Crippen molar-refractivity contribution in [1.29, 1.82) is 0 Å². The highest BCUT2D eigenvalue weighted by Gasteiger charge is 2.45. The van der Waals surface area contributed by atoms with Crippen molar-refractivity contribution < 1.29 is 34.4 Å². The Labute approximate surface area is 177 Å². The van der Waals surface area contributed by atoms with E-state index in [1.807, 2.05) is 19.1 Å². The number of carbonyl (C=O) groups is 2. The average molecular weight is 421 g/mol.